The van der Waals surface area contributed by atoms with Crippen molar-refractivity contribution in [1.82, 2.24) is 4.90 Å². The molecular formula is C19H27ClN2O3. The van der Waals surface area contributed by atoms with E-state index in [-0.39, 0.29) is 23.2 Å². The molecule has 1 heterocycles. The average Bonchev–Trinajstić information content (AvgIpc) is 2.61. The number of carbonyl (C=O) groups excluding carboxylic acids is 2. The van der Waals surface area contributed by atoms with Gasteiger partial charge < -0.3 is 15.4 Å². The van der Waals surface area contributed by atoms with Crippen molar-refractivity contribution in [2.75, 3.05) is 20.2 Å². The van der Waals surface area contributed by atoms with Gasteiger partial charge in [0.25, 0.3) is 0 Å². The molecule has 138 valence electrons. The summed E-state index contributed by atoms with van der Waals surface area (Å²) in [5.41, 5.74) is 6.73. The summed E-state index contributed by atoms with van der Waals surface area (Å²) in [7, 11) is 1.40. The number of hydrogen-bond acceptors (Lipinski definition) is 4. The fourth-order valence-corrected chi connectivity index (χ4v) is 3.50. The van der Waals surface area contributed by atoms with Crippen LogP contribution in [0.25, 0.3) is 0 Å². The van der Waals surface area contributed by atoms with E-state index in [4.69, 9.17) is 22.1 Å². The second-order valence-corrected chi connectivity index (χ2v) is 7.57. The van der Waals surface area contributed by atoms with Crippen molar-refractivity contribution in [2.45, 2.75) is 44.6 Å². The molecular weight excluding hydrogens is 340 g/mol. The number of piperidine rings is 1. The Morgan fingerprint density at radius 2 is 1.80 bits per heavy atom. The fraction of sp³-hybridized carbons (Fsp3) is 0.579. The molecule has 25 heavy (non-hydrogen) atoms. The molecule has 6 heteroatoms. The molecule has 1 aromatic carbocycles. The van der Waals surface area contributed by atoms with Crippen molar-refractivity contribution in [2.24, 2.45) is 11.7 Å². The minimum atomic E-state index is -0.483. The van der Waals surface area contributed by atoms with Gasteiger partial charge in [0.1, 0.15) is 0 Å². The SMILES string of the molecule is COC(=O)CC1(c2ccc(Cl)cc2)CCN(C(=O)[C@H](N)C(C)C)CC1. The first-order valence-corrected chi connectivity index (χ1v) is 9.04. The molecule has 1 aromatic rings. The lowest BCUT2D eigenvalue weighted by Gasteiger charge is -2.42. The number of carbonyl (C=O) groups is 2. The number of likely N-dealkylation sites (tertiary alicyclic amines) is 1. The van der Waals surface area contributed by atoms with E-state index >= 15 is 0 Å². The van der Waals surface area contributed by atoms with E-state index in [1.54, 1.807) is 0 Å². The first-order chi connectivity index (χ1) is 11.8. The maximum atomic E-state index is 12.5. The van der Waals surface area contributed by atoms with E-state index in [9.17, 15) is 9.59 Å². The highest BCUT2D eigenvalue weighted by molar-refractivity contribution is 6.30. The fourth-order valence-electron chi connectivity index (χ4n) is 3.37. The van der Waals surface area contributed by atoms with Gasteiger partial charge in [-0.3, -0.25) is 9.59 Å². The summed E-state index contributed by atoms with van der Waals surface area (Å²) in [4.78, 5) is 26.3. The van der Waals surface area contributed by atoms with E-state index in [1.165, 1.54) is 7.11 Å². The van der Waals surface area contributed by atoms with E-state index in [0.717, 1.165) is 5.56 Å². The van der Waals surface area contributed by atoms with Gasteiger partial charge in [-0.15, -0.1) is 0 Å². The van der Waals surface area contributed by atoms with Crippen molar-refractivity contribution < 1.29 is 14.3 Å². The topological polar surface area (TPSA) is 72.6 Å². The predicted molar refractivity (Wildman–Crippen MR) is 98.4 cm³/mol. The maximum Gasteiger partial charge on any atom is 0.306 e. The zero-order valence-corrected chi connectivity index (χ0v) is 15.9. The summed E-state index contributed by atoms with van der Waals surface area (Å²) in [6.45, 7) is 5.06. The highest BCUT2D eigenvalue weighted by Gasteiger charge is 2.40. The number of methoxy groups -OCH3 is 1. The molecule has 1 fully saturated rings. The van der Waals surface area contributed by atoms with E-state index in [1.807, 2.05) is 43.0 Å². The monoisotopic (exact) mass is 366 g/mol. The Balaban J connectivity index is 2.19. The van der Waals surface area contributed by atoms with Crippen LogP contribution in [0.5, 0.6) is 0 Å². The van der Waals surface area contributed by atoms with Crippen LogP contribution in [0.4, 0.5) is 0 Å². The maximum absolute atomic E-state index is 12.5. The largest absolute Gasteiger partial charge is 0.469 e. The van der Waals surface area contributed by atoms with Gasteiger partial charge >= 0.3 is 5.97 Å². The van der Waals surface area contributed by atoms with Gasteiger partial charge in [0.05, 0.1) is 19.6 Å². The molecule has 0 aliphatic carbocycles. The van der Waals surface area contributed by atoms with Crippen LogP contribution in [0.2, 0.25) is 5.02 Å². The number of hydrogen-bond donors (Lipinski definition) is 1. The highest BCUT2D eigenvalue weighted by atomic mass is 35.5. The summed E-state index contributed by atoms with van der Waals surface area (Å²) >= 11 is 6.00. The number of rotatable bonds is 5. The second-order valence-electron chi connectivity index (χ2n) is 7.14. The van der Waals surface area contributed by atoms with Crippen molar-refractivity contribution in [3.63, 3.8) is 0 Å². The van der Waals surface area contributed by atoms with Crippen LogP contribution in [-0.2, 0) is 19.7 Å². The van der Waals surface area contributed by atoms with Gasteiger partial charge in [-0.1, -0.05) is 37.6 Å². The van der Waals surface area contributed by atoms with Gasteiger partial charge in [0.15, 0.2) is 0 Å². The molecule has 0 saturated carbocycles. The minimum absolute atomic E-state index is 0.0159. The molecule has 0 aromatic heterocycles. The molecule has 0 spiro atoms. The third-order valence-corrected chi connectivity index (χ3v) is 5.45. The Kier molecular flexibility index (Phi) is 6.47. The Labute approximate surface area is 154 Å². The number of ether oxygens (including phenoxy) is 1. The van der Waals surface area contributed by atoms with Gasteiger partial charge in [0.2, 0.25) is 5.91 Å². The number of benzene rings is 1. The second kappa shape index (κ2) is 8.19. The van der Waals surface area contributed by atoms with Crippen LogP contribution < -0.4 is 5.73 Å². The van der Waals surface area contributed by atoms with Gasteiger partial charge in [0, 0.05) is 23.5 Å². The third-order valence-electron chi connectivity index (χ3n) is 5.20. The number of esters is 1. The molecule has 1 amide bonds. The highest BCUT2D eigenvalue weighted by Crippen LogP contribution is 2.39. The van der Waals surface area contributed by atoms with Crippen LogP contribution in [-0.4, -0.2) is 43.0 Å². The molecule has 1 atom stereocenters. The lowest BCUT2D eigenvalue weighted by molar-refractivity contribution is -0.143. The number of halogens is 1. The smallest absolute Gasteiger partial charge is 0.306 e. The molecule has 2 N–H and O–H groups in total. The summed E-state index contributed by atoms with van der Waals surface area (Å²) < 4.78 is 4.90. The summed E-state index contributed by atoms with van der Waals surface area (Å²) in [6.07, 6.45) is 1.68. The van der Waals surface area contributed by atoms with E-state index in [0.29, 0.717) is 37.4 Å². The normalized spacial score (nSPS) is 18.1. The zero-order valence-electron chi connectivity index (χ0n) is 15.1. The first kappa shape index (κ1) is 19.7. The Hall–Kier alpha value is -1.59. The van der Waals surface area contributed by atoms with Crippen molar-refractivity contribution in [1.29, 1.82) is 0 Å². The van der Waals surface area contributed by atoms with E-state index in [2.05, 4.69) is 0 Å². The zero-order chi connectivity index (χ0) is 18.6. The van der Waals surface area contributed by atoms with Crippen LogP contribution in [0.1, 0.15) is 38.7 Å². The molecule has 0 bridgehead atoms. The molecule has 1 aliphatic rings. The number of nitrogens with zero attached hydrogens (tertiary/aromatic N) is 1. The van der Waals surface area contributed by atoms with Crippen molar-refractivity contribution in [3.8, 4) is 0 Å². The summed E-state index contributed by atoms with van der Waals surface area (Å²) in [5, 5.41) is 0.660. The molecule has 1 saturated heterocycles. The third kappa shape index (κ3) is 4.53. The minimum Gasteiger partial charge on any atom is -0.469 e. The summed E-state index contributed by atoms with van der Waals surface area (Å²) in [6, 6.07) is 7.11. The van der Waals surface area contributed by atoms with E-state index < -0.39 is 6.04 Å². The van der Waals surface area contributed by atoms with Crippen molar-refractivity contribution in [3.05, 3.63) is 34.9 Å². The lowest BCUT2D eigenvalue weighted by atomic mass is 9.70. The summed E-state index contributed by atoms with van der Waals surface area (Å²) in [5.74, 6) is -0.156. The van der Waals surface area contributed by atoms with Gasteiger partial charge in [-0.2, -0.15) is 0 Å². The average molecular weight is 367 g/mol. The Morgan fingerprint density at radius 1 is 1.24 bits per heavy atom. The Morgan fingerprint density at radius 3 is 2.28 bits per heavy atom. The van der Waals surface area contributed by atoms with Crippen LogP contribution in [0.3, 0.4) is 0 Å². The van der Waals surface area contributed by atoms with Gasteiger partial charge in [-0.25, -0.2) is 0 Å². The Bertz CT molecular complexity index is 608. The van der Waals surface area contributed by atoms with Crippen molar-refractivity contribution >= 4 is 23.5 Å². The molecule has 1 aliphatic heterocycles. The lowest BCUT2D eigenvalue weighted by Crippen LogP contribution is -2.52. The van der Waals surface area contributed by atoms with Crippen LogP contribution in [0.15, 0.2) is 24.3 Å². The van der Waals surface area contributed by atoms with Crippen LogP contribution in [0, 0.1) is 5.92 Å². The molecule has 0 radical (unpaired) electrons. The number of amides is 1. The standard InChI is InChI=1S/C19H27ClN2O3/c1-13(2)17(21)18(24)22-10-8-19(9-11-22,12-16(23)25-3)14-4-6-15(20)7-5-14/h4-7,13,17H,8-12,21H2,1-3H3/t17-/m1/s1. The number of nitrogens with two attached hydrogens (primary N) is 1. The molecule has 0 unspecified atom stereocenters. The first-order valence-electron chi connectivity index (χ1n) is 8.66. The van der Waals surface area contributed by atoms with Crippen LogP contribution >= 0.6 is 11.6 Å². The predicted octanol–water partition coefficient (Wildman–Crippen LogP) is 2.75. The molecule has 5 nitrogen and oxygen atoms in total. The quantitative estimate of drug-likeness (QED) is 0.813. The molecule has 2 rings (SSSR count). The van der Waals surface area contributed by atoms with Gasteiger partial charge in [-0.05, 0) is 36.5 Å².